The molecule has 0 atom stereocenters. The summed E-state index contributed by atoms with van der Waals surface area (Å²) in [5, 5.41) is 0. The summed E-state index contributed by atoms with van der Waals surface area (Å²) in [5.74, 6) is 0.0578. The fourth-order valence-electron chi connectivity index (χ4n) is 1.57. The molecule has 3 N–H and O–H groups in total. The van der Waals surface area contributed by atoms with Crippen LogP contribution in [0.4, 0.5) is 5.95 Å². The van der Waals surface area contributed by atoms with E-state index in [2.05, 4.69) is 15.0 Å². The molecule has 2 aromatic heterocycles. The quantitative estimate of drug-likeness (QED) is 0.719. The number of rotatable bonds is 6. The van der Waals surface area contributed by atoms with Crippen molar-refractivity contribution < 1.29 is 9.47 Å². The van der Waals surface area contributed by atoms with Gasteiger partial charge in [0.1, 0.15) is 6.73 Å². The second kappa shape index (κ2) is 5.81. The Kier molecular flexibility index (Phi) is 4.13. The maximum Gasteiger partial charge on any atom is 0.280 e. The lowest BCUT2D eigenvalue weighted by Gasteiger charge is -2.08. The summed E-state index contributed by atoms with van der Waals surface area (Å²) in [4.78, 5) is 22.0. The Balaban J connectivity index is 2.00. The van der Waals surface area contributed by atoms with Crippen LogP contribution in [-0.2, 0) is 16.2 Å². The van der Waals surface area contributed by atoms with Gasteiger partial charge in [0.15, 0.2) is 11.2 Å². The largest absolute Gasteiger partial charge is 0.376 e. The highest BCUT2D eigenvalue weighted by Crippen LogP contribution is 2.06. The SMILES string of the molecule is CC(C)OCCOCn1cnc2c(=O)[nH]c(N)nc21. The molecule has 0 aliphatic heterocycles. The van der Waals surface area contributed by atoms with Crippen molar-refractivity contribution in [1.29, 1.82) is 0 Å². The first kappa shape index (κ1) is 13.5. The Morgan fingerprint density at radius 1 is 1.47 bits per heavy atom. The van der Waals surface area contributed by atoms with E-state index >= 15 is 0 Å². The van der Waals surface area contributed by atoms with Crippen LogP contribution in [0.1, 0.15) is 13.8 Å². The van der Waals surface area contributed by atoms with Gasteiger partial charge >= 0.3 is 0 Å². The number of hydrogen-bond acceptors (Lipinski definition) is 6. The molecule has 0 unspecified atom stereocenters. The van der Waals surface area contributed by atoms with Crippen molar-refractivity contribution in [2.24, 2.45) is 0 Å². The smallest absolute Gasteiger partial charge is 0.280 e. The molecule has 2 heterocycles. The first-order valence-electron chi connectivity index (χ1n) is 5.98. The third kappa shape index (κ3) is 3.30. The molecule has 0 saturated heterocycles. The molecule has 0 radical (unpaired) electrons. The van der Waals surface area contributed by atoms with Gasteiger partial charge in [-0.05, 0) is 13.8 Å². The normalized spacial score (nSPS) is 11.5. The van der Waals surface area contributed by atoms with Gasteiger partial charge in [0.2, 0.25) is 5.95 Å². The van der Waals surface area contributed by atoms with Crippen molar-refractivity contribution in [2.75, 3.05) is 18.9 Å². The average Bonchev–Trinajstić information content (AvgIpc) is 2.72. The summed E-state index contributed by atoms with van der Waals surface area (Å²) in [6.45, 7) is 5.13. The van der Waals surface area contributed by atoms with E-state index in [-0.39, 0.29) is 29.9 Å². The van der Waals surface area contributed by atoms with Crippen LogP contribution in [-0.4, -0.2) is 38.8 Å². The number of nitrogens with zero attached hydrogens (tertiary/aromatic N) is 3. The van der Waals surface area contributed by atoms with E-state index in [9.17, 15) is 4.79 Å². The van der Waals surface area contributed by atoms with E-state index in [0.29, 0.717) is 18.9 Å². The topological polar surface area (TPSA) is 108 Å². The number of nitrogens with one attached hydrogen (secondary N) is 1. The van der Waals surface area contributed by atoms with E-state index in [1.165, 1.54) is 6.33 Å². The Labute approximate surface area is 109 Å². The summed E-state index contributed by atoms with van der Waals surface area (Å²) < 4.78 is 12.4. The second-order valence-electron chi connectivity index (χ2n) is 4.29. The predicted molar refractivity (Wildman–Crippen MR) is 69.6 cm³/mol. The number of nitrogens with two attached hydrogens (primary N) is 1. The number of fused-ring (bicyclic) bond motifs is 1. The van der Waals surface area contributed by atoms with Gasteiger partial charge in [-0.3, -0.25) is 14.3 Å². The second-order valence-corrected chi connectivity index (χ2v) is 4.29. The van der Waals surface area contributed by atoms with Crippen molar-refractivity contribution >= 4 is 17.1 Å². The van der Waals surface area contributed by atoms with Gasteiger partial charge in [0, 0.05) is 0 Å². The van der Waals surface area contributed by atoms with Crippen molar-refractivity contribution in [3.8, 4) is 0 Å². The van der Waals surface area contributed by atoms with Gasteiger partial charge in [0.25, 0.3) is 5.56 Å². The fraction of sp³-hybridized carbons (Fsp3) is 0.545. The summed E-state index contributed by atoms with van der Waals surface area (Å²) in [6, 6.07) is 0. The molecule has 0 bridgehead atoms. The van der Waals surface area contributed by atoms with Crippen LogP contribution in [0.25, 0.3) is 11.2 Å². The van der Waals surface area contributed by atoms with E-state index in [1.807, 2.05) is 13.8 Å². The van der Waals surface area contributed by atoms with Crippen LogP contribution in [0.2, 0.25) is 0 Å². The first-order chi connectivity index (χ1) is 9.08. The molecule has 0 fully saturated rings. The van der Waals surface area contributed by atoms with Gasteiger partial charge in [-0.1, -0.05) is 0 Å². The van der Waals surface area contributed by atoms with E-state index < -0.39 is 0 Å². The number of anilines is 1. The fourth-order valence-corrected chi connectivity index (χ4v) is 1.57. The number of nitrogen functional groups attached to an aromatic ring is 1. The summed E-state index contributed by atoms with van der Waals surface area (Å²) in [6.07, 6.45) is 1.67. The Morgan fingerprint density at radius 2 is 2.26 bits per heavy atom. The Bertz CT molecular complexity index is 604. The molecule has 19 heavy (non-hydrogen) atoms. The highest BCUT2D eigenvalue weighted by atomic mass is 16.5. The van der Waals surface area contributed by atoms with Crippen molar-refractivity contribution in [2.45, 2.75) is 26.7 Å². The third-order valence-electron chi connectivity index (χ3n) is 2.40. The van der Waals surface area contributed by atoms with Crippen molar-refractivity contribution in [1.82, 2.24) is 19.5 Å². The summed E-state index contributed by atoms with van der Waals surface area (Å²) in [5.41, 5.74) is 5.79. The molecule has 8 heteroatoms. The number of aromatic nitrogens is 4. The van der Waals surface area contributed by atoms with Crippen LogP contribution in [0, 0.1) is 0 Å². The maximum absolute atomic E-state index is 11.6. The molecule has 0 aliphatic rings. The van der Waals surface area contributed by atoms with E-state index in [4.69, 9.17) is 15.2 Å². The number of H-pyrrole nitrogens is 1. The lowest BCUT2D eigenvalue weighted by molar-refractivity contribution is -0.000679. The Hall–Kier alpha value is -1.93. The lowest BCUT2D eigenvalue weighted by Crippen LogP contribution is -2.14. The van der Waals surface area contributed by atoms with Crippen LogP contribution < -0.4 is 11.3 Å². The van der Waals surface area contributed by atoms with Gasteiger partial charge in [-0.15, -0.1) is 0 Å². The zero-order valence-electron chi connectivity index (χ0n) is 10.9. The average molecular weight is 267 g/mol. The third-order valence-corrected chi connectivity index (χ3v) is 2.40. The van der Waals surface area contributed by atoms with Gasteiger partial charge in [-0.2, -0.15) is 4.98 Å². The molecular formula is C11H17N5O3. The molecule has 2 aromatic rings. The molecule has 104 valence electrons. The predicted octanol–water partition coefficient (Wildman–Crippen LogP) is 0.101. The van der Waals surface area contributed by atoms with E-state index in [1.54, 1.807) is 4.57 Å². The zero-order chi connectivity index (χ0) is 13.8. The number of ether oxygens (including phenoxy) is 2. The number of hydrogen-bond donors (Lipinski definition) is 2. The monoisotopic (exact) mass is 267 g/mol. The van der Waals surface area contributed by atoms with Gasteiger partial charge in [0.05, 0.1) is 25.6 Å². The highest BCUT2D eigenvalue weighted by molar-refractivity contribution is 5.70. The molecule has 0 spiro atoms. The molecular weight excluding hydrogens is 250 g/mol. The van der Waals surface area contributed by atoms with Crippen molar-refractivity contribution in [3.63, 3.8) is 0 Å². The zero-order valence-corrected chi connectivity index (χ0v) is 10.9. The molecule has 0 aliphatic carbocycles. The van der Waals surface area contributed by atoms with Crippen LogP contribution >= 0.6 is 0 Å². The minimum atomic E-state index is -0.357. The lowest BCUT2D eigenvalue weighted by atomic mass is 10.5. The summed E-state index contributed by atoms with van der Waals surface area (Å²) >= 11 is 0. The number of aromatic amines is 1. The van der Waals surface area contributed by atoms with Gasteiger partial charge < -0.3 is 15.2 Å². The first-order valence-corrected chi connectivity index (χ1v) is 5.98. The van der Waals surface area contributed by atoms with Crippen LogP contribution in [0.5, 0.6) is 0 Å². The van der Waals surface area contributed by atoms with Crippen LogP contribution in [0.15, 0.2) is 11.1 Å². The molecule has 0 amide bonds. The summed E-state index contributed by atoms with van der Waals surface area (Å²) in [7, 11) is 0. The Morgan fingerprint density at radius 3 is 3.00 bits per heavy atom. The molecule has 2 rings (SSSR count). The molecule has 0 aromatic carbocycles. The maximum atomic E-state index is 11.6. The standard InChI is InChI=1S/C11H17N5O3/c1-7(2)19-4-3-18-6-16-5-13-8-9(16)14-11(12)15-10(8)17/h5,7H,3-4,6H2,1-2H3,(H3,12,14,15,17). The minimum absolute atomic E-state index is 0.0578. The molecule has 0 saturated carbocycles. The molecule has 8 nitrogen and oxygen atoms in total. The highest BCUT2D eigenvalue weighted by Gasteiger charge is 2.08. The minimum Gasteiger partial charge on any atom is -0.376 e. The van der Waals surface area contributed by atoms with E-state index in [0.717, 1.165) is 0 Å². The van der Waals surface area contributed by atoms with Crippen LogP contribution in [0.3, 0.4) is 0 Å². The van der Waals surface area contributed by atoms with Crippen molar-refractivity contribution in [3.05, 3.63) is 16.7 Å². The van der Waals surface area contributed by atoms with Gasteiger partial charge in [-0.25, -0.2) is 4.98 Å². The number of imidazole rings is 1.